The molecule has 3 aromatic rings. The summed E-state index contributed by atoms with van der Waals surface area (Å²) in [6.45, 7) is 0. The van der Waals surface area contributed by atoms with E-state index in [4.69, 9.17) is 11.6 Å². The molecule has 0 amide bonds. The smallest absolute Gasteiger partial charge is 0.0793 e. The summed E-state index contributed by atoms with van der Waals surface area (Å²) < 4.78 is 1.74. The highest BCUT2D eigenvalue weighted by atomic mass is 35.5. The first-order valence-corrected chi connectivity index (χ1v) is 5.72. The zero-order chi connectivity index (χ0) is 11.7. The van der Waals surface area contributed by atoms with Crippen LogP contribution in [0, 0.1) is 0 Å². The summed E-state index contributed by atoms with van der Waals surface area (Å²) in [7, 11) is 0. The monoisotopic (exact) mass is 244 g/mol. The first-order valence-electron chi connectivity index (χ1n) is 5.19. The molecule has 0 aliphatic carbocycles. The molecule has 0 radical (unpaired) electrons. The van der Waals surface area contributed by atoms with Crippen LogP contribution in [0.5, 0.6) is 0 Å². The predicted octanol–water partition coefficient (Wildman–Crippen LogP) is 2.55. The van der Waals surface area contributed by atoms with Gasteiger partial charge in [0.2, 0.25) is 0 Å². The molecule has 4 nitrogen and oxygen atoms in total. The molecule has 0 saturated heterocycles. The van der Waals surface area contributed by atoms with Crippen LogP contribution in [-0.2, 0) is 5.88 Å². The second-order valence-corrected chi connectivity index (χ2v) is 3.92. The van der Waals surface area contributed by atoms with Crippen molar-refractivity contribution >= 4 is 22.5 Å². The molecule has 0 aliphatic heterocycles. The molecule has 17 heavy (non-hydrogen) atoms. The number of benzene rings is 1. The molecular weight excluding hydrogens is 236 g/mol. The number of pyridine rings is 1. The van der Waals surface area contributed by atoms with Crippen LogP contribution in [0.3, 0.4) is 0 Å². The summed E-state index contributed by atoms with van der Waals surface area (Å²) in [6, 6.07) is 9.87. The number of hydrogen-bond donors (Lipinski definition) is 0. The molecule has 2 aromatic heterocycles. The summed E-state index contributed by atoms with van der Waals surface area (Å²) in [5.41, 5.74) is 2.78. The minimum Gasteiger partial charge on any atom is -0.256 e. The van der Waals surface area contributed by atoms with E-state index in [9.17, 15) is 0 Å². The number of aromatic nitrogens is 4. The fourth-order valence-electron chi connectivity index (χ4n) is 1.76. The van der Waals surface area contributed by atoms with Crippen molar-refractivity contribution < 1.29 is 0 Å². The van der Waals surface area contributed by atoms with Crippen molar-refractivity contribution in [1.82, 2.24) is 20.0 Å². The average molecular weight is 245 g/mol. The van der Waals surface area contributed by atoms with E-state index in [0.29, 0.717) is 5.88 Å². The molecular formula is C12H9ClN4. The Balaban J connectivity index is 2.18. The minimum absolute atomic E-state index is 0.387. The Labute approximate surface area is 103 Å². The van der Waals surface area contributed by atoms with Gasteiger partial charge in [0, 0.05) is 11.6 Å². The van der Waals surface area contributed by atoms with Crippen LogP contribution in [0.25, 0.3) is 16.6 Å². The third-order valence-electron chi connectivity index (χ3n) is 2.59. The molecule has 0 aliphatic rings. The lowest BCUT2D eigenvalue weighted by atomic mass is 10.2. The Morgan fingerprint density at radius 2 is 2.18 bits per heavy atom. The summed E-state index contributed by atoms with van der Waals surface area (Å²) in [5.74, 6) is 0.387. The molecule has 0 atom stereocenters. The highest BCUT2D eigenvalue weighted by Crippen LogP contribution is 2.17. The van der Waals surface area contributed by atoms with Crippen LogP contribution < -0.4 is 0 Å². The normalized spacial score (nSPS) is 10.9. The first kappa shape index (κ1) is 10.2. The number of rotatable bonds is 2. The quantitative estimate of drug-likeness (QED) is 0.651. The van der Waals surface area contributed by atoms with Gasteiger partial charge in [-0.15, -0.1) is 16.7 Å². The lowest BCUT2D eigenvalue weighted by Crippen LogP contribution is -2.00. The van der Waals surface area contributed by atoms with Crippen LogP contribution in [0.2, 0.25) is 0 Å². The van der Waals surface area contributed by atoms with Gasteiger partial charge in [0.1, 0.15) is 0 Å². The van der Waals surface area contributed by atoms with Gasteiger partial charge in [-0.1, -0.05) is 11.3 Å². The second kappa shape index (κ2) is 4.14. The maximum atomic E-state index is 5.83. The third kappa shape index (κ3) is 1.76. The van der Waals surface area contributed by atoms with Gasteiger partial charge in [-0.05, 0) is 24.3 Å². The van der Waals surface area contributed by atoms with Crippen LogP contribution in [0.4, 0.5) is 0 Å². The number of fused-ring (bicyclic) bond motifs is 1. The third-order valence-corrected chi connectivity index (χ3v) is 2.86. The fraction of sp³-hybridized carbons (Fsp3) is 0.0833. The Morgan fingerprint density at radius 3 is 3.06 bits per heavy atom. The van der Waals surface area contributed by atoms with Crippen LogP contribution in [0.15, 0.2) is 42.7 Å². The van der Waals surface area contributed by atoms with Crippen LogP contribution in [0.1, 0.15) is 5.69 Å². The van der Waals surface area contributed by atoms with Gasteiger partial charge in [0.25, 0.3) is 0 Å². The van der Waals surface area contributed by atoms with E-state index in [1.165, 1.54) is 0 Å². The van der Waals surface area contributed by atoms with Crippen LogP contribution in [-0.4, -0.2) is 20.0 Å². The SMILES string of the molecule is ClCc1cnnn1-c1ccc2ncccc2c1. The van der Waals surface area contributed by atoms with Gasteiger partial charge in [-0.2, -0.15) is 0 Å². The van der Waals surface area contributed by atoms with E-state index in [0.717, 1.165) is 22.3 Å². The number of nitrogens with zero attached hydrogens (tertiary/aromatic N) is 4. The van der Waals surface area contributed by atoms with Gasteiger partial charge in [-0.3, -0.25) is 4.98 Å². The summed E-state index contributed by atoms with van der Waals surface area (Å²) in [6.07, 6.45) is 3.45. The molecule has 0 fully saturated rings. The van der Waals surface area contributed by atoms with Gasteiger partial charge >= 0.3 is 0 Å². The molecule has 0 saturated carbocycles. The van der Waals surface area contributed by atoms with Crippen molar-refractivity contribution in [3.8, 4) is 5.69 Å². The van der Waals surface area contributed by atoms with E-state index in [2.05, 4.69) is 15.3 Å². The predicted molar refractivity (Wildman–Crippen MR) is 66.2 cm³/mol. The van der Waals surface area contributed by atoms with Crippen molar-refractivity contribution in [3.63, 3.8) is 0 Å². The van der Waals surface area contributed by atoms with Crippen LogP contribution >= 0.6 is 11.6 Å². The fourth-order valence-corrected chi connectivity index (χ4v) is 1.94. The number of halogens is 1. The lowest BCUT2D eigenvalue weighted by Gasteiger charge is -2.05. The molecule has 0 bridgehead atoms. The topological polar surface area (TPSA) is 43.6 Å². The van der Waals surface area contributed by atoms with Crippen molar-refractivity contribution in [1.29, 1.82) is 0 Å². The molecule has 84 valence electrons. The maximum absolute atomic E-state index is 5.83. The molecule has 0 N–H and O–H groups in total. The molecule has 0 unspecified atom stereocenters. The molecule has 3 rings (SSSR count). The van der Waals surface area contributed by atoms with E-state index in [1.807, 2.05) is 30.3 Å². The highest BCUT2D eigenvalue weighted by molar-refractivity contribution is 6.16. The number of alkyl halides is 1. The Morgan fingerprint density at radius 1 is 1.24 bits per heavy atom. The highest BCUT2D eigenvalue weighted by Gasteiger charge is 2.05. The van der Waals surface area contributed by atoms with E-state index in [1.54, 1.807) is 17.1 Å². The van der Waals surface area contributed by atoms with Gasteiger partial charge in [0.05, 0.1) is 29.0 Å². The number of hydrogen-bond acceptors (Lipinski definition) is 3. The summed E-state index contributed by atoms with van der Waals surface area (Å²) >= 11 is 5.83. The van der Waals surface area contributed by atoms with Crippen molar-refractivity contribution in [2.45, 2.75) is 5.88 Å². The van der Waals surface area contributed by atoms with Crippen molar-refractivity contribution in [2.24, 2.45) is 0 Å². The van der Waals surface area contributed by atoms with Gasteiger partial charge in [-0.25, -0.2) is 4.68 Å². The molecule has 0 spiro atoms. The Kier molecular flexibility index (Phi) is 2.49. The minimum atomic E-state index is 0.387. The lowest BCUT2D eigenvalue weighted by molar-refractivity contribution is 0.782. The van der Waals surface area contributed by atoms with E-state index < -0.39 is 0 Å². The summed E-state index contributed by atoms with van der Waals surface area (Å²) in [4.78, 5) is 4.27. The largest absolute Gasteiger partial charge is 0.256 e. The average Bonchev–Trinajstić information content (AvgIpc) is 2.86. The Bertz CT molecular complexity index is 662. The van der Waals surface area contributed by atoms with Gasteiger partial charge in [0.15, 0.2) is 0 Å². The van der Waals surface area contributed by atoms with Crippen molar-refractivity contribution in [3.05, 3.63) is 48.4 Å². The zero-order valence-corrected chi connectivity index (χ0v) is 9.67. The van der Waals surface area contributed by atoms with E-state index >= 15 is 0 Å². The maximum Gasteiger partial charge on any atom is 0.0793 e. The Hall–Kier alpha value is -1.94. The van der Waals surface area contributed by atoms with E-state index in [-0.39, 0.29) is 0 Å². The standard InChI is InChI=1S/C12H9ClN4/c13-7-11-8-15-16-17(11)10-3-4-12-9(6-10)2-1-5-14-12/h1-6,8H,7H2. The second-order valence-electron chi connectivity index (χ2n) is 3.65. The zero-order valence-electron chi connectivity index (χ0n) is 8.92. The van der Waals surface area contributed by atoms with Gasteiger partial charge < -0.3 is 0 Å². The molecule has 1 aromatic carbocycles. The first-order chi connectivity index (χ1) is 8.38. The molecule has 5 heteroatoms. The molecule has 2 heterocycles. The summed E-state index contributed by atoms with van der Waals surface area (Å²) in [5, 5.41) is 8.96. The van der Waals surface area contributed by atoms with Crippen molar-refractivity contribution in [2.75, 3.05) is 0 Å².